The van der Waals surface area contributed by atoms with E-state index in [1.807, 2.05) is 20.2 Å². The highest BCUT2D eigenvalue weighted by Gasteiger charge is 2.20. The number of aromatic nitrogens is 3. The molecule has 3 N–H and O–H groups in total. The van der Waals surface area contributed by atoms with E-state index < -0.39 is 11.9 Å². The summed E-state index contributed by atoms with van der Waals surface area (Å²) in [6.45, 7) is 1.86. The Morgan fingerprint density at radius 2 is 2.24 bits per heavy atom. The number of hydrazine groups is 1. The lowest BCUT2D eigenvalue weighted by Gasteiger charge is -2.16. The number of rotatable bonds is 3. The van der Waals surface area contributed by atoms with Gasteiger partial charge in [0.05, 0.1) is 17.9 Å². The molecule has 0 spiro atoms. The molecule has 0 radical (unpaired) electrons. The molecule has 0 bridgehead atoms. The van der Waals surface area contributed by atoms with Gasteiger partial charge in [0.25, 0.3) is 0 Å². The Morgan fingerprint density at radius 1 is 1.47 bits per heavy atom. The van der Waals surface area contributed by atoms with Crippen LogP contribution in [-0.2, 0) is 7.05 Å². The number of hydrogen-bond donors (Lipinski definition) is 2. The lowest BCUT2D eigenvalue weighted by molar-refractivity contribution is 0.554. The molecule has 2 rings (SSSR count). The zero-order valence-electron chi connectivity index (χ0n) is 9.68. The predicted octanol–water partition coefficient (Wildman–Crippen LogP) is 0.815. The second-order valence-electron chi connectivity index (χ2n) is 3.84. The Labute approximate surface area is 98.4 Å². The van der Waals surface area contributed by atoms with Crippen molar-refractivity contribution in [1.82, 2.24) is 20.2 Å². The molecule has 90 valence electrons. The number of nitrogens with one attached hydrogen (secondary N) is 1. The fourth-order valence-corrected chi connectivity index (χ4v) is 1.87. The Kier molecular flexibility index (Phi) is 3.16. The van der Waals surface area contributed by atoms with E-state index in [2.05, 4.69) is 15.5 Å². The first-order valence-electron chi connectivity index (χ1n) is 5.19. The number of nitrogens with zero attached hydrogens (tertiary/aromatic N) is 3. The summed E-state index contributed by atoms with van der Waals surface area (Å²) in [5.74, 6) is 5.12. The van der Waals surface area contributed by atoms with Crippen LogP contribution >= 0.6 is 0 Å². The summed E-state index contributed by atoms with van der Waals surface area (Å²) in [4.78, 5) is 3.72. The van der Waals surface area contributed by atoms with E-state index in [4.69, 9.17) is 5.84 Å². The maximum Gasteiger partial charge on any atom is 0.146 e. The lowest BCUT2D eigenvalue weighted by atomic mass is 10.0. The maximum absolute atomic E-state index is 13.7. The predicted molar refractivity (Wildman–Crippen MR) is 61.3 cm³/mol. The van der Waals surface area contributed by atoms with Gasteiger partial charge in [-0.05, 0) is 13.0 Å². The Balaban J connectivity index is 2.47. The molecular formula is C11H14FN5. The summed E-state index contributed by atoms with van der Waals surface area (Å²) in [5, 5.41) is 4.22. The third-order valence-corrected chi connectivity index (χ3v) is 2.64. The fraction of sp³-hybridized carbons (Fsp3) is 0.273. The minimum atomic E-state index is -0.424. The van der Waals surface area contributed by atoms with Gasteiger partial charge in [-0.25, -0.2) is 9.82 Å². The van der Waals surface area contributed by atoms with Gasteiger partial charge in [-0.2, -0.15) is 5.10 Å². The number of halogens is 1. The molecule has 2 heterocycles. The molecule has 2 aromatic heterocycles. The minimum Gasteiger partial charge on any atom is -0.275 e. The van der Waals surface area contributed by atoms with E-state index >= 15 is 0 Å². The smallest absolute Gasteiger partial charge is 0.146 e. The van der Waals surface area contributed by atoms with E-state index in [-0.39, 0.29) is 0 Å². The van der Waals surface area contributed by atoms with Gasteiger partial charge in [-0.1, -0.05) is 0 Å². The highest BCUT2D eigenvalue weighted by molar-refractivity contribution is 5.32. The molecule has 1 unspecified atom stereocenters. The molecule has 0 saturated heterocycles. The van der Waals surface area contributed by atoms with Crippen LogP contribution in [0, 0.1) is 12.7 Å². The van der Waals surface area contributed by atoms with E-state index in [0.29, 0.717) is 5.56 Å². The van der Waals surface area contributed by atoms with Gasteiger partial charge in [0.2, 0.25) is 0 Å². The van der Waals surface area contributed by atoms with Gasteiger partial charge in [0.15, 0.2) is 0 Å². The van der Waals surface area contributed by atoms with Crippen LogP contribution in [0.3, 0.4) is 0 Å². The van der Waals surface area contributed by atoms with E-state index in [0.717, 1.165) is 11.3 Å². The quantitative estimate of drug-likeness (QED) is 0.610. The zero-order valence-corrected chi connectivity index (χ0v) is 9.68. The van der Waals surface area contributed by atoms with Crippen molar-refractivity contribution < 1.29 is 4.39 Å². The van der Waals surface area contributed by atoms with Gasteiger partial charge in [0.1, 0.15) is 5.82 Å². The second-order valence-corrected chi connectivity index (χ2v) is 3.84. The highest BCUT2D eigenvalue weighted by Crippen LogP contribution is 2.24. The molecule has 0 amide bonds. The van der Waals surface area contributed by atoms with Crippen LogP contribution in [0.2, 0.25) is 0 Å². The van der Waals surface area contributed by atoms with E-state index in [1.165, 1.54) is 12.4 Å². The first kappa shape index (κ1) is 11.7. The van der Waals surface area contributed by atoms with Crippen molar-refractivity contribution in [3.63, 3.8) is 0 Å². The number of hydrogen-bond acceptors (Lipinski definition) is 4. The Hall–Kier alpha value is -1.79. The normalized spacial score (nSPS) is 12.7. The first-order chi connectivity index (χ1) is 8.13. The molecular weight excluding hydrogens is 221 g/mol. The molecule has 0 aromatic carbocycles. The molecule has 5 nitrogen and oxygen atoms in total. The standard InChI is InChI=1S/C11H14FN5/c1-7-9(6-17(2)16-7)11(15-13)8-3-4-14-5-10(8)12/h3-6,11,15H,13H2,1-2H3. The van der Waals surface area contributed by atoms with Gasteiger partial charge < -0.3 is 0 Å². The van der Waals surface area contributed by atoms with Crippen LogP contribution in [-0.4, -0.2) is 14.8 Å². The average Bonchev–Trinajstić information content (AvgIpc) is 2.62. The van der Waals surface area contributed by atoms with Crippen LogP contribution in [0.4, 0.5) is 4.39 Å². The largest absolute Gasteiger partial charge is 0.275 e. The molecule has 2 aromatic rings. The van der Waals surface area contributed by atoms with E-state index in [1.54, 1.807) is 10.7 Å². The molecule has 1 atom stereocenters. The Morgan fingerprint density at radius 3 is 2.76 bits per heavy atom. The third-order valence-electron chi connectivity index (χ3n) is 2.64. The molecule has 0 aliphatic rings. The fourth-order valence-electron chi connectivity index (χ4n) is 1.87. The molecule has 17 heavy (non-hydrogen) atoms. The van der Waals surface area contributed by atoms with Gasteiger partial charge in [0, 0.05) is 30.6 Å². The summed E-state index contributed by atoms with van der Waals surface area (Å²) in [7, 11) is 1.81. The third kappa shape index (κ3) is 2.17. The zero-order chi connectivity index (χ0) is 12.4. The summed E-state index contributed by atoms with van der Waals surface area (Å²) >= 11 is 0. The monoisotopic (exact) mass is 235 g/mol. The number of pyridine rings is 1. The minimum absolute atomic E-state index is 0.390. The van der Waals surface area contributed by atoms with Crippen LogP contribution in [0.1, 0.15) is 22.9 Å². The van der Waals surface area contributed by atoms with Crippen molar-refractivity contribution in [2.24, 2.45) is 12.9 Å². The van der Waals surface area contributed by atoms with Crippen molar-refractivity contribution in [1.29, 1.82) is 0 Å². The molecule has 6 heteroatoms. The molecule has 0 saturated carbocycles. The summed E-state index contributed by atoms with van der Waals surface area (Å²) in [6.07, 6.45) is 4.53. The maximum atomic E-state index is 13.7. The van der Waals surface area contributed by atoms with Crippen LogP contribution < -0.4 is 11.3 Å². The van der Waals surface area contributed by atoms with Gasteiger partial charge in [-0.15, -0.1) is 0 Å². The number of nitrogens with two attached hydrogens (primary N) is 1. The van der Waals surface area contributed by atoms with Crippen molar-refractivity contribution >= 4 is 0 Å². The molecule has 0 aliphatic carbocycles. The van der Waals surface area contributed by atoms with Crippen molar-refractivity contribution in [3.05, 3.63) is 47.3 Å². The molecule has 0 aliphatic heterocycles. The molecule has 0 fully saturated rings. The van der Waals surface area contributed by atoms with Crippen molar-refractivity contribution in [3.8, 4) is 0 Å². The SMILES string of the molecule is Cc1nn(C)cc1C(NN)c1ccncc1F. The van der Waals surface area contributed by atoms with Gasteiger partial charge >= 0.3 is 0 Å². The lowest BCUT2D eigenvalue weighted by Crippen LogP contribution is -2.29. The first-order valence-corrected chi connectivity index (χ1v) is 5.19. The second kappa shape index (κ2) is 4.60. The van der Waals surface area contributed by atoms with Crippen molar-refractivity contribution in [2.45, 2.75) is 13.0 Å². The summed E-state index contributed by atoms with van der Waals surface area (Å²) < 4.78 is 15.3. The number of aryl methyl sites for hydroxylation is 2. The van der Waals surface area contributed by atoms with Crippen LogP contribution in [0.5, 0.6) is 0 Å². The summed E-state index contributed by atoms with van der Waals surface area (Å²) in [5.41, 5.74) is 4.72. The van der Waals surface area contributed by atoms with Gasteiger partial charge in [-0.3, -0.25) is 15.5 Å². The van der Waals surface area contributed by atoms with Crippen molar-refractivity contribution in [2.75, 3.05) is 0 Å². The highest BCUT2D eigenvalue weighted by atomic mass is 19.1. The topological polar surface area (TPSA) is 68.8 Å². The van der Waals surface area contributed by atoms with Crippen LogP contribution in [0.15, 0.2) is 24.7 Å². The van der Waals surface area contributed by atoms with Crippen LogP contribution in [0.25, 0.3) is 0 Å². The Bertz CT molecular complexity index is 522. The van der Waals surface area contributed by atoms with E-state index in [9.17, 15) is 4.39 Å². The summed E-state index contributed by atoms with van der Waals surface area (Å²) in [6, 6.07) is 1.18. The average molecular weight is 235 g/mol.